The van der Waals surface area contributed by atoms with Gasteiger partial charge in [0.15, 0.2) is 0 Å². The van der Waals surface area contributed by atoms with E-state index in [-0.39, 0.29) is 0 Å². The van der Waals surface area contributed by atoms with Gasteiger partial charge in [-0.05, 0) is 46.1 Å². The summed E-state index contributed by atoms with van der Waals surface area (Å²) in [7, 11) is 2.36. The first-order valence-corrected chi connectivity index (χ1v) is 8.18. The van der Waals surface area contributed by atoms with Gasteiger partial charge in [0.2, 0.25) is 0 Å². The zero-order chi connectivity index (χ0) is 13.0. The third-order valence-electron chi connectivity index (χ3n) is 5.19. The maximum absolute atomic E-state index is 3.75. The van der Waals surface area contributed by atoms with E-state index in [1.807, 2.05) is 0 Å². The maximum Gasteiger partial charge on any atom is 0.0125 e. The summed E-state index contributed by atoms with van der Waals surface area (Å²) in [6, 6.07) is 3.25. The van der Waals surface area contributed by atoms with Gasteiger partial charge in [0.05, 0.1) is 0 Å². The Morgan fingerprint density at radius 3 is 2.39 bits per heavy atom. The Hall–Kier alpha value is -0.0800. The topological polar surface area (TPSA) is 15.3 Å². The summed E-state index contributed by atoms with van der Waals surface area (Å²) in [5, 5.41) is 3.75. The van der Waals surface area contributed by atoms with E-state index >= 15 is 0 Å². The summed E-state index contributed by atoms with van der Waals surface area (Å²) in [6.45, 7) is 4.72. The van der Waals surface area contributed by atoms with Gasteiger partial charge in [-0.2, -0.15) is 0 Å². The molecular weight excluding hydrogens is 220 g/mol. The molecule has 0 aliphatic carbocycles. The van der Waals surface area contributed by atoms with Crippen LogP contribution in [0.2, 0.25) is 0 Å². The molecule has 2 heteroatoms. The highest BCUT2D eigenvalue weighted by atomic mass is 15.2. The number of nitrogens with one attached hydrogen (secondary N) is 1. The lowest BCUT2D eigenvalue weighted by atomic mass is 9.96. The summed E-state index contributed by atoms with van der Waals surface area (Å²) >= 11 is 0. The van der Waals surface area contributed by atoms with Crippen LogP contribution in [0.1, 0.15) is 71.6 Å². The Morgan fingerprint density at radius 1 is 1.11 bits per heavy atom. The molecule has 2 heterocycles. The van der Waals surface area contributed by atoms with Crippen molar-refractivity contribution in [1.29, 1.82) is 0 Å². The second kappa shape index (κ2) is 6.91. The molecule has 0 aromatic heterocycles. The molecule has 0 amide bonds. The quantitative estimate of drug-likeness (QED) is 0.697. The first-order chi connectivity index (χ1) is 8.70. The third-order valence-corrected chi connectivity index (χ3v) is 5.19. The molecule has 1 N–H and O–H groups in total. The van der Waals surface area contributed by atoms with E-state index in [9.17, 15) is 0 Å². The number of fused-ring (bicyclic) bond motifs is 2. The van der Waals surface area contributed by atoms with Gasteiger partial charge in [-0.1, -0.05) is 32.6 Å². The highest BCUT2D eigenvalue weighted by molar-refractivity contribution is 4.95. The SMILES string of the molecule is CCCCCCC(C)N(C)C1CC2CCC(C1)N2. The molecule has 2 nitrogen and oxygen atoms in total. The molecule has 2 bridgehead atoms. The standard InChI is InChI=1S/C16H32N2/c1-4-5-6-7-8-13(2)18(3)16-11-14-9-10-15(12-16)17-14/h13-17H,4-12H2,1-3H3. The molecule has 0 aromatic rings. The number of piperidine rings is 1. The number of nitrogens with zero attached hydrogens (tertiary/aromatic N) is 1. The first-order valence-electron chi connectivity index (χ1n) is 8.18. The van der Waals surface area contributed by atoms with Crippen LogP contribution < -0.4 is 5.32 Å². The first kappa shape index (κ1) is 14.3. The summed E-state index contributed by atoms with van der Waals surface area (Å²) in [6.07, 6.45) is 12.6. The summed E-state index contributed by atoms with van der Waals surface area (Å²) in [5.74, 6) is 0. The van der Waals surface area contributed by atoms with E-state index in [2.05, 4.69) is 31.1 Å². The highest BCUT2D eigenvalue weighted by Gasteiger charge is 2.35. The van der Waals surface area contributed by atoms with Gasteiger partial charge < -0.3 is 10.2 Å². The number of rotatable bonds is 7. The van der Waals surface area contributed by atoms with Crippen LogP contribution in [-0.4, -0.2) is 36.1 Å². The second-order valence-corrected chi connectivity index (χ2v) is 6.63. The van der Waals surface area contributed by atoms with Crippen molar-refractivity contribution in [2.75, 3.05) is 7.05 Å². The van der Waals surface area contributed by atoms with E-state index in [0.29, 0.717) is 0 Å². The van der Waals surface area contributed by atoms with Gasteiger partial charge in [0.25, 0.3) is 0 Å². The summed E-state index contributed by atoms with van der Waals surface area (Å²) < 4.78 is 0. The van der Waals surface area contributed by atoms with Crippen molar-refractivity contribution in [1.82, 2.24) is 10.2 Å². The van der Waals surface area contributed by atoms with Crippen LogP contribution in [0.15, 0.2) is 0 Å². The van der Waals surface area contributed by atoms with Crippen LogP contribution in [0.3, 0.4) is 0 Å². The molecule has 3 atom stereocenters. The molecule has 0 saturated carbocycles. The maximum atomic E-state index is 3.75. The van der Waals surface area contributed by atoms with Gasteiger partial charge in [0, 0.05) is 24.2 Å². The molecule has 0 aromatic carbocycles. The van der Waals surface area contributed by atoms with Crippen molar-refractivity contribution in [3.63, 3.8) is 0 Å². The van der Waals surface area contributed by atoms with Crippen LogP contribution in [0.5, 0.6) is 0 Å². The Balaban J connectivity index is 1.71. The molecular formula is C16H32N2. The van der Waals surface area contributed by atoms with Crippen molar-refractivity contribution in [3.8, 4) is 0 Å². The van der Waals surface area contributed by atoms with Gasteiger partial charge in [0.1, 0.15) is 0 Å². The molecule has 0 radical (unpaired) electrons. The Labute approximate surface area is 114 Å². The zero-order valence-electron chi connectivity index (χ0n) is 12.6. The van der Waals surface area contributed by atoms with Crippen LogP contribution in [0.25, 0.3) is 0 Å². The molecule has 106 valence electrons. The molecule has 2 aliphatic heterocycles. The summed E-state index contributed by atoms with van der Waals surface area (Å²) in [5.41, 5.74) is 0. The van der Waals surface area contributed by atoms with E-state index in [1.165, 1.54) is 57.8 Å². The molecule has 3 unspecified atom stereocenters. The fourth-order valence-corrected chi connectivity index (χ4v) is 3.79. The molecule has 2 rings (SSSR count). The highest BCUT2D eigenvalue weighted by Crippen LogP contribution is 2.30. The van der Waals surface area contributed by atoms with Crippen molar-refractivity contribution in [3.05, 3.63) is 0 Å². The Bertz CT molecular complexity index is 229. The smallest absolute Gasteiger partial charge is 0.0125 e. The largest absolute Gasteiger partial charge is 0.311 e. The second-order valence-electron chi connectivity index (χ2n) is 6.63. The minimum atomic E-state index is 0.768. The minimum Gasteiger partial charge on any atom is -0.311 e. The van der Waals surface area contributed by atoms with Gasteiger partial charge >= 0.3 is 0 Å². The molecule has 2 fully saturated rings. The van der Waals surface area contributed by atoms with Crippen molar-refractivity contribution < 1.29 is 0 Å². The zero-order valence-corrected chi connectivity index (χ0v) is 12.6. The number of unbranched alkanes of at least 4 members (excludes halogenated alkanes) is 3. The monoisotopic (exact) mass is 252 g/mol. The van der Waals surface area contributed by atoms with Crippen LogP contribution in [-0.2, 0) is 0 Å². The van der Waals surface area contributed by atoms with Crippen molar-refractivity contribution in [2.24, 2.45) is 0 Å². The number of hydrogen-bond donors (Lipinski definition) is 1. The average molecular weight is 252 g/mol. The fraction of sp³-hybridized carbons (Fsp3) is 1.00. The average Bonchev–Trinajstić information content (AvgIpc) is 2.72. The minimum absolute atomic E-state index is 0.768. The Kier molecular flexibility index (Phi) is 5.50. The molecule has 18 heavy (non-hydrogen) atoms. The van der Waals surface area contributed by atoms with E-state index in [0.717, 1.165) is 24.2 Å². The van der Waals surface area contributed by atoms with Gasteiger partial charge in [-0.3, -0.25) is 0 Å². The van der Waals surface area contributed by atoms with Gasteiger partial charge in [-0.15, -0.1) is 0 Å². The molecule has 0 spiro atoms. The predicted molar refractivity (Wildman–Crippen MR) is 79.0 cm³/mol. The fourth-order valence-electron chi connectivity index (χ4n) is 3.79. The normalized spacial score (nSPS) is 33.0. The lowest BCUT2D eigenvalue weighted by Crippen LogP contribution is -2.49. The molecule has 2 aliphatic rings. The van der Waals surface area contributed by atoms with E-state index < -0.39 is 0 Å². The van der Waals surface area contributed by atoms with Crippen LogP contribution in [0.4, 0.5) is 0 Å². The Morgan fingerprint density at radius 2 is 1.78 bits per heavy atom. The number of hydrogen-bond acceptors (Lipinski definition) is 2. The summed E-state index contributed by atoms with van der Waals surface area (Å²) in [4.78, 5) is 2.68. The predicted octanol–water partition coefficient (Wildman–Crippen LogP) is 3.56. The van der Waals surface area contributed by atoms with Crippen molar-refractivity contribution >= 4 is 0 Å². The van der Waals surface area contributed by atoms with Gasteiger partial charge in [-0.25, -0.2) is 0 Å². The van der Waals surface area contributed by atoms with Crippen LogP contribution >= 0.6 is 0 Å². The lowest BCUT2D eigenvalue weighted by Gasteiger charge is -2.39. The third kappa shape index (κ3) is 3.71. The van der Waals surface area contributed by atoms with E-state index in [4.69, 9.17) is 0 Å². The molecule has 2 saturated heterocycles. The van der Waals surface area contributed by atoms with E-state index in [1.54, 1.807) is 0 Å². The van der Waals surface area contributed by atoms with Crippen LogP contribution in [0, 0.1) is 0 Å². The lowest BCUT2D eigenvalue weighted by molar-refractivity contribution is 0.126. The van der Waals surface area contributed by atoms with Crippen molar-refractivity contribution in [2.45, 2.75) is 95.8 Å².